The van der Waals surface area contributed by atoms with Gasteiger partial charge in [-0.1, -0.05) is 26.0 Å². The summed E-state index contributed by atoms with van der Waals surface area (Å²) in [6, 6.07) is 6.93. The number of carbonyl (C=O) groups is 2. The quantitative estimate of drug-likeness (QED) is 0.891. The molecule has 1 atom stereocenters. The van der Waals surface area contributed by atoms with Crippen LogP contribution in [0.1, 0.15) is 46.6 Å². The van der Waals surface area contributed by atoms with Crippen molar-refractivity contribution in [3.8, 4) is 0 Å². The molecule has 2 rings (SSSR count). The van der Waals surface area contributed by atoms with Crippen LogP contribution in [0.4, 0.5) is 10.5 Å². The van der Waals surface area contributed by atoms with Crippen LogP contribution in [-0.4, -0.2) is 22.8 Å². The van der Waals surface area contributed by atoms with Crippen molar-refractivity contribution in [3.05, 3.63) is 29.8 Å². The maximum absolute atomic E-state index is 11.7. The molecule has 1 aromatic rings. The maximum Gasteiger partial charge on any atom is 0.412 e. The van der Waals surface area contributed by atoms with Gasteiger partial charge in [-0.05, 0) is 50.3 Å². The molecule has 5 heteroatoms. The second kappa shape index (κ2) is 5.00. The van der Waals surface area contributed by atoms with Gasteiger partial charge in [-0.3, -0.25) is 10.1 Å². The number of ether oxygens (including phenoxy) is 1. The van der Waals surface area contributed by atoms with Gasteiger partial charge in [0.15, 0.2) is 0 Å². The molecule has 1 saturated carbocycles. The van der Waals surface area contributed by atoms with Crippen molar-refractivity contribution in [3.63, 3.8) is 0 Å². The second-order valence-corrected chi connectivity index (χ2v) is 7.48. The van der Waals surface area contributed by atoms with Crippen molar-refractivity contribution in [2.75, 3.05) is 5.32 Å². The highest BCUT2D eigenvalue weighted by Crippen LogP contribution is 2.64. The molecule has 120 valence electrons. The fourth-order valence-corrected chi connectivity index (χ4v) is 2.86. The number of hydrogen-bond donors (Lipinski definition) is 2. The van der Waals surface area contributed by atoms with Gasteiger partial charge in [0.2, 0.25) is 0 Å². The first-order chi connectivity index (χ1) is 9.98. The summed E-state index contributed by atoms with van der Waals surface area (Å²) in [5, 5.41) is 12.2. The highest BCUT2D eigenvalue weighted by Gasteiger charge is 2.67. The number of amides is 1. The van der Waals surface area contributed by atoms with E-state index in [9.17, 15) is 14.7 Å². The van der Waals surface area contributed by atoms with E-state index in [4.69, 9.17) is 4.74 Å². The number of carboxylic acids is 1. The normalized spacial score (nSPS) is 22.8. The Hall–Kier alpha value is -2.04. The molecule has 22 heavy (non-hydrogen) atoms. The van der Waals surface area contributed by atoms with Crippen molar-refractivity contribution in [2.45, 2.75) is 52.1 Å². The van der Waals surface area contributed by atoms with Gasteiger partial charge < -0.3 is 9.84 Å². The average Bonchev–Trinajstić information content (AvgIpc) is 2.92. The minimum absolute atomic E-state index is 0.251. The number of rotatable bonds is 3. The van der Waals surface area contributed by atoms with Gasteiger partial charge in [-0.25, -0.2) is 4.79 Å². The lowest BCUT2D eigenvalue weighted by molar-refractivity contribution is -0.141. The number of anilines is 1. The van der Waals surface area contributed by atoms with Crippen molar-refractivity contribution < 1.29 is 19.4 Å². The number of carboxylic acid groups (broad SMARTS) is 1. The van der Waals surface area contributed by atoms with Gasteiger partial charge in [0.25, 0.3) is 0 Å². The SMILES string of the molecule is CC(C)(C)OC(=O)Nc1ccc(C2(C(=O)O)CC2(C)C)cc1. The van der Waals surface area contributed by atoms with E-state index in [1.54, 1.807) is 45.0 Å². The van der Waals surface area contributed by atoms with Gasteiger partial charge >= 0.3 is 12.1 Å². The molecule has 1 aliphatic carbocycles. The van der Waals surface area contributed by atoms with E-state index < -0.39 is 23.1 Å². The van der Waals surface area contributed by atoms with Gasteiger partial charge in [0.05, 0.1) is 5.41 Å². The topological polar surface area (TPSA) is 75.6 Å². The summed E-state index contributed by atoms with van der Waals surface area (Å²) in [6.45, 7) is 9.28. The van der Waals surface area contributed by atoms with E-state index in [-0.39, 0.29) is 5.41 Å². The minimum atomic E-state index is -0.822. The maximum atomic E-state index is 11.7. The van der Waals surface area contributed by atoms with E-state index in [1.165, 1.54) is 0 Å². The standard InChI is InChI=1S/C17H23NO4/c1-15(2,3)22-14(21)18-12-8-6-11(7-9-12)17(13(19)20)10-16(17,4)5/h6-9H,10H2,1-5H3,(H,18,21)(H,19,20). The zero-order valence-electron chi connectivity index (χ0n) is 13.7. The molecule has 0 aliphatic heterocycles. The van der Waals surface area contributed by atoms with Gasteiger partial charge in [0.1, 0.15) is 5.60 Å². The van der Waals surface area contributed by atoms with Crippen LogP contribution in [0.15, 0.2) is 24.3 Å². The molecular formula is C17H23NO4. The number of nitrogens with one attached hydrogen (secondary N) is 1. The van der Waals surface area contributed by atoms with Crippen molar-refractivity contribution in [1.29, 1.82) is 0 Å². The molecule has 1 aliphatic rings. The monoisotopic (exact) mass is 305 g/mol. The summed E-state index contributed by atoms with van der Waals surface area (Å²) in [7, 11) is 0. The third kappa shape index (κ3) is 2.93. The summed E-state index contributed by atoms with van der Waals surface area (Å²) in [5.74, 6) is -0.801. The van der Waals surface area contributed by atoms with E-state index in [1.807, 2.05) is 13.8 Å². The predicted molar refractivity (Wildman–Crippen MR) is 84.0 cm³/mol. The molecular weight excluding hydrogens is 282 g/mol. The Labute approximate surface area is 130 Å². The summed E-state index contributed by atoms with van der Waals surface area (Å²) >= 11 is 0. The second-order valence-electron chi connectivity index (χ2n) is 7.48. The Morgan fingerprint density at radius 1 is 1.18 bits per heavy atom. The Kier molecular flexibility index (Phi) is 3.71. The molecule has 0 saturated heterocycles. The van der Waals surface area contributed by atoms with Gasteiger partial charge in [0, 0.05) is 5.69 Å². The first-order valence-electron chi connectivity index (χ1n) is 7.32. The van der Waals surface area contributed by atoms with Crippen molar-refractivity contribution in [1.82, 2.24) is 0 Å². The molecule has 2 N–H and O–H groups in total. The Balaban J connectivity index is 2.12. The number of hydrogen-bond acceptors (Lipinski definition) is 3. The first kappa shape index (κ1) is 16.3. The molecule has 0 heterocycles. The molecule has 1 aromatic carbocycles. The van der Waals surface area contributed by atoms with Crippen molar-refractivity contribution >= 4 is 17.7 Å². The van der Waals surface area contributed by atoms with Crippen LogP contribution < -0.4 is 5.32 Å². The van der Waals surface area contributed by atoms with Crippen LogP contribution in [0.3, 0.4) is 0 Å². The van der Waals surface area contributed by atoms with E-state index in [0.29, 0.717) is 12.1 Å². The number of carbonyl (C=O) groups excluding carboxylic acids is 1. The molecule has 0 aromatic heterocycles. The Bertz CT molecular complexity index is 598. The Morgan fingerprint density at radius 2 is 1.68 bits per heavy atom. The lowest BCUT2D eigenvalue weighted by Crippen LogP contribution is -2.27. The molecule has 1 unspecified atom stereocenters. The largest absolute Gasteiger partial charge is 0.481 e. The molecule has 0 bridgehead atoms. The lowest BCUT2D eigenvalue weighted by atomic mass is 9.88. The summed E-state index contributed by atoms with van der Waals surface area (Å²) in [4.78, 5) is 23.3. The van der Waals surface area contributed by atoms with Crippen LogP contribution in [0.5, 0.6) is 0 Å². The number of aliphatic carboxylic acids is 1. The van der Waals surface area contributed by atoms with E-state index in [2.05, 4.69) is 5.32 Å². The zero-order chi connectivity index (χ0) is 16.8. The summed E-state index contributed by atoms with van der Waals surface area (Å²) in [6.07, 6.45) is 0.0914. The molecule has 0 spiro atoms. The Morgan fingerprint density at radius 3 is 2.05 bits per heavy atom. The van der Waals surface area contributed by atoms with E-state index >= 15 is 0 Å². The van der Waals surface area contributed by atoms with Gasteiger partial charge in [-0.15, -0.1) is 0 Å². The summed E-state index contributed by atoms with van der Waals surface area (Å²) in [5.41, 5.74) is -0.289. The number of benzene rings is 1. The van der Waals surface area contributed by atoms with Crippen LogP contribution in [-0.2, 0) is 14.9 Å². The van der Waals surface area contributed by atoms with Crippen LogP contribution >= 0.6 is 0 Å². The highest BCUT2D eigenvalue weighted by atomic mass is 16.6. The fraction of sp³-hybridized carbons (Fsp3) is 0.529. The molecule has 5 nitrogen and oxygen atoms in total. The lowest BCUT2D eigenvalue weighted by Gasteiger charge is -2.20. The fourth-order valence-electron chi connectivity index (χ4n) is 2.86. The van der Waals surface area contributed by atoms with Crippen LogP contribution in [0.25, 0.3) is 0 Å². The highest BCUT2D eigenvalue weighted by molar-refractivity contribution is 5.88. The third-order valence-electron chi connectivity index (χ3n) is 4.13. The zero-order valence-corrected chi connectivity index (χ0v) is 13.7. The van der Waals surface area contributed by atoms with E-state index in [0.717, 1.165) is 5.56 Å². The first-order valence-corrected chi connectivity index (χ1v) is 7.32. The minimum Gasteiger partial charge on any atom is -0.481 e. The van der Waals surface area contributed by atoms with Crippen molar-refractivity contribution in [2.24, 2.45) is 5.41 Å². The predicted octanol–water partition coefficient (Wildman–Crippen LogP) is 3.79. The smallest absolute Gasteiger partial charge is 0.412 e. The molecule has 1 fully saturated rings. The third-order valence-corrected chi connectivity index (χ3v) is 4.13. The summed E-state index contributed by atoms with van der Waals surface area (Å²) < 4.78 is 5.18. The average molecular weight is 305 g/mol. The van der Waals surface area contributed by atoms with Crippen LogP contribution in [0.2, 0.25) is 0 Å². The molecule has 1 amide bonds. The molecule has 0 radical (unpaired) electrons. The van der Waals surface area contributed by atoms with Crippen LogP contribution in [0, 0.1) is 5.41 Å². The van der Waals surface area contributed by atoms with Gasteiger partial charge in [-0.2, -0.15) is 0 Å².